The monoisotopic (exact) mass is 274 g/mol. The summed E-state index contributed by atoms with van der Waals surface area (Å²) < 4.78 is 11.4. The highest BCUT2D eigenvalue weighted by atomic mass is 16.7. The minimum Gasteiger partial charge on any atom is -0.460 e. The molecule has 0 spiro atoms. The van der Waals surface area contributed by atoms with Crippen LogP contribution in [-0.4, -0.2) is 17.7 Å². The van der Waals surface area contributed by atoms with Gasteiger partial charge in [0.05, 0.1) is 0 Å². The average molecular weight is 274 g/mol. The number of aryl methyl sites for hydroxylation is 1. The van der Waals surface area contributed by atoms with Crippen LogP contribution >= 0.6 is 0 Å². The van der Waals surface area contributed by atoms with Crippen molar-refractivity contribution < 1.29 is 14.3 Å². The molecule has 3 heteroatoms. The van der Waals surface area contributed by atoms with E-state index in [0.29, 0.717) is 6.42 Å². The number of hydrogen-bond donors (Lipinski definition) is 0. The lowest BCUT2D eigenvalue weighted by molar-refractivity contribution is -0.155. The zero-order valence-electron chi connectivity index (χ0n) is 12.2. The third-order valence-electron chi connectivity index (χ3n) is 4.52. The first kappa shape index (κ1) is 13.6. The van der Waals surface area contributed by atoms with Crippen molar-refractivity contribution in [2.45, 2.75) is 63.8 Å². The van der Waals surface area contributed by atoms with E-state index in [1.807, 2.05) is 19.1 Å². The quantitative estimate of drug-likeness (QED) is 0.620. The summed E-state index contributed by atoms with van der Waals surface area (Å²) in [4.78, 5) is 12.4. The highest BCUT2D eigenvalue weighted by molar-refractivity contribution is 5.84. The number of carbonyl (C=O) groups excluding carboxylic acids is 1. The predicted octanol–water partition coefficient (Wildman–Crippen LogP) is 3.70. The van der Waals surface area contributed by atoms with Crippen LogP contribution in [0, 0.1) is 6.92 Å². The lowest BCUT2D eigenvalue weighted by Crippen LogP contribution is -2.30. The number of hydrogen-bond acceptors (Lipinski definition) is 3. The van der Waals surface area contributed by atoms with Gasteiger partial charge in [0.25, 0.3) is 0 Å². The van der Waals surface area contributed by atoms with Gasteiger partial charge in [0, 0.05) is 0 Å². The van der Waals surface area contributed by atoms with Gasteiger partial charge in [-0.1, -0.05) is 36.8 Å². The van der Waals surface area contributed by atoms with Crippen molar-refractivity contribution in [2.24, 2.45) is 0 Å². The maximum atomic E-state index is 12.4. The Morgan fingerprint density at radius 2 is 1.95 bits per heavy atom. The van der Waals surface area contributed by atoms with E-state index in [-0.39, 0.29) is 18.2 Å². The highest BCUT2D eigenvalue weighted by Gasteiger charge is 2.63. The van der Waals surface area contributed by atoms with Crippen LogP contribution in [0.1, 0.15) is 56.3 Å². The maximum Gasteiger partial charge on any atom is 0.341 e. The van der Waals surface area contributed by atoms with Crippen molar-refractivity contribution in [3.05, 3.63) is 35.4 Å². The van der Waals surface area contributed by atoms with E-state index in [4.69, 9.17) is 9.47 Å². The highest BCUT2D eigenvalue weighted by Crippen LogP contribution is 2.53. The molecule has 20 heavy (non-hydrogen) atoms. The number of esters is 1. The molecule has 0 aromatic heterocycles. The van der Waals surface area contributed by atoms with Gasteiger partial charge >= 0.3 is 5.97 Å². The van der Waals surface area contributed by atoms with Gasteiger partial charge in [-0.05, 0) is 44.6 Å². The number of epoxide rings is 1. The lowest BCUT2D eigenvalue weighted by atomic mass is 9.96. The van der Waals surface area contributed by atoms with Crippen LogP contribution in [0.3, 0.4) is 0 Å². The van der Waals surface area contributed by atoms with Crippen molar-refractivity contribution in [3.8, 4) is 0 Å². The second kappa shape index (κ2) is 5.21. The maximum absolute atomic E-state index is 12.4. The molecule has 1 saturated carbocycles. The molecule has 2 fully saturated rings. The molecular formula is C17H22O3. The molecule has 0 amide bonds. The number of rotatable bonds is 4. The summed E-state index contributed by atoms with van der Waals surface area (Å²) in [5.41, 5.74) is 1.54. The Labute approximate surface area is 120 Å². The molecule has 0 N–H and O–H groups in total. The van der Waals surface area contributed by atoms with Crippen LogP contribution in [0.15, 0.2) is 24.3 Å². The topological polar surface area (TPSA) is 38.8 Å². The summed E-state index contributed by atoms with van der Waals surface area (Å²) in [6.07, 6.45) is 4.97. The van der Waals surface area contributed by atoms with Crippen LogP contribution in [-0.2, 0) is 14.3 Å². The van der Waals surface area contributed by atoms with Gasteiger partial charge in [-0.2, -0.15) is 0 Å². The third kappa shape index (κ3) is 2.35. The zero-order chi connectivity index (χ0) is 14.2. The standard InChI is InChI=1S/C17H22O3/c1-3-17(16(18)19-14-6-4-5-7-14)15(20-17)13-10-8-12(2)9-11-13/h8-11,14-15H,3-7H2,1-2H3. The second-order valence-corrected chi connectivity index (χ2v) is 5.96. The van der Waals surface area contributed by atoms with Crippen molar-refractivity contribution in [2.75, 3.05) is 0 Å². The molecule has 0 bridgehead atoms. The Bertz CT molecular complexity index is 487. The Kier molecular flexibility index (Phi) is 3.55. The van der Waals surface area contributed by atoms with Gasteiger partial charge < -0.3 is 9.47 Å². The number of ether oxygens (including phenoxy) is 2. The molecule has 2 atom stereocenters. The van der Waals surface area contributed by atoms with Gasteiger partial charge in [-0.25, -0.2) is 4.79 Å². The molecule has 1 aliphatic carbocycles. The summed E-state index contributed by atoms with van der Waals surface area (Å²) in [5.74, 6) is -0.169. The first-order valence-electron chi connectivity index (χ1n) is 7.61. The van der Waals surface area contributed by atoms with E-state index in [9.17, 15) is 4.79 Å². The third-order valence-corrected chi connectivity index (χ3v) is 4.52. The first-order valence-corrected chi connectivity index (χ1v) is 7.61. The van der Waals surface area contributed by atoms with E-state index in [1.54, 1.807) is 0 Å². The van der Waals surface area contributed by atoms with Crippen molar-refractivity contribution in [1.29, 1.82) is 0 Å². The molecule has 3 rings (SSSR count). The normalized spacial score (nSPS) is 29.4. The van der Waals surface area contributed by atoms with Gasteiger partial charge in [-0.3, -0.25) is 0 Å². The molecule has 1 aromatic carbocycles. The summed E-state index contributed by atoms with van der Waals surface area (Å²) in [6, 6.07) is 8.19. The van der Waals surface area contributed by atoms with E-state index in [2.05, 4.69) is 19.1 Å². The molecular weight excluding hydrogens is 252 g/mol. The van der Waals surface area contributed by atoms with Crippen LogP contribution in [0.4, 0.5) is 0 Å². The SMILES string of the molecule is CCC1(C(=O)OC2CCCC2)OC1c1ccc(C)cc1. The van der Waals surface area contributed by atoms with Crippen molar-refractivity contribution >= 4 is 5.97 Å². The largest absolute Gasteiger partial charge is 0.460 e. The molecule has 108 valence electrons. The fourth-order valence-electron chi connectivity index (χ4n) is 3.08. The Morgan fingerprint density at radius 3 is 2.55 bits per heavy atom. The van der Waals surface area contributed by atoms with Gasteiger partial charge in [0.2, 0.25) is 0 Å². The molecule has 1 aliphatic heterocycles. The summed E-state index contributed by atoms with van der Waals surface area (Å²) >= 11 is 0. The number of benzene rings is 1. The zero-order valence-corrected chi connectivity index (χ0v) is 12.2. The fraction of sp³-hybridized carbons (Fsp3) is 0.588. The first-order chi connectivity index (χ1) is 9.65. The minimum absolute atomic E-state index is 0.105. The fourth-order valence-corrected chi connectivity index (χ4v) is 3.08. The predicted molar refractivity (Wildman–Crippen MR) is 76.4 cm³/mol. The summed E-state index contributed by atoms with van der Waals surface area (Å²) in [6.45, 7) is 4.04. The van der Waals surface area contributed by atoms with Crippen LogP contribution < -0.4 is 0 Å². The van der Waals surface area contributed by atoms with Gasteiger partial charge in [0.15, 0.2) is 5.60 Å². The minimum atomic E-state index is -0.738. The smallest absolute Gasteiger partial charge is 0.341 e. The van der Waals surface area contributed by atoms with Crippen LogP contribution in [0.25, 0.3) is 0 Å². The second-order valence-electron chi connectivity index (χ2n) is 5.96. The van der Waals surface area contributed by atoms with Crippen molar-refractivity contribution in [3.63, 3.8) is 0 Å². The van der Waals surface area contributed by atoms with E-state index >= 15 is 0 Å². The molecule has 2 aliphatic rings. The van der Waals surface area contributed by atoms with E-state index in [0.717, 1.165) is 18.4 Å². The molecule has 1 heterocycles. The van der Waals surface area contributed by atoms with Crippen molar-refractivity contribution in [1.82, 2.24) is 0 Å². The molecule has 0 radical (unpaired) electrons. The molecule has 1 saturated heterocycles. The summed E-state index contributed by atoms with van der Waals surface area (Å²) in [5, 5.41) is 0. The lowest BCUT2D eigenvalue weighted by Gasteiger charge is -2.15. The number of carbonyl (C=O) groups is 1. The van der Waals surface area contributed by atoms with Crippen LogP contribution in [0.5, 0.6) is 0 Å². The van der Waals surface area contributed by atoms with Crippen LogP contribution in [0.2, 0.25) is 0 Å². The Hall–Kier alpha value is -1.35. The van der Waals surface area contributed by atoms with E-state index < -0.39 is 5.60 Å². The Balaban J connectivity index is 1.70. The van der Waals surface area contributed by atoms with Gasteiger partial charge in [-0.15, -0.1) is 0 Å². The van der Waals surface area contributed by atoms with Gasteiger partial charge in [0.1, 0.15) is 12.2 Å². The molecule has 2 unspecified atom stereocenters. The Morgan fingerprint density at radius 1 is 1.30 bits per heavy atom. The summed E-state index contributed by atoms with van der Waals surface area (Å²) in [7, 11) is 0. The molecule has 1 aromatic rings. The average Bonchev–Trinajstić information content (AvgIpc) is 3.00. The molecule has 3 nitrogen and oxygen atoms in total. The van der Waals surface area contributed by atoms with E-state index in [1.165, 1.54) is 18.4 Å².